The summed E-state index contributed by atoms with van der Waals surface area (Å²) in [4.78, 5) is 60.3. The van der Waals surface area contributed by atoms with Gasteiger partial charge in [-0.1, -0.05) is 67.2 Å². The number of hydrogen-bond acceptors (Lipinski definition) is 9. The zero-order valence-corrected chi connectivity index (χ0v) is 27.2. The SMILES string of the molecule is C=C1CN(C(=O)OCc2ccccc2)N(C(=O)OC(C)(C)C)C1.CC(C)(C)OC(=O)N1CC(=O)CN1C(=O)OCc1ccccc1. The standard InChI is InChI=1S/C17H22N2O4.C16H20N2O5/c1-13-10-18(19(11-13)16(21)23-17(2,3)4)15(20)22-12-14-8-6-5-7-9-14;1-16(2,3)23-15(21)18-10-13(19)9-17(18)14(20)22-11-12-7-5-4-6-8-12/h5-9H,1,10-12H2,2-4H3;4-8H,9-11H2,1-3H3. The highest BCUT2D eigenvalue weighted by molar-refractivity contribution is 5.92. The Bertz CT molecular complexity index is 1290. The number of rotatable bonds is 4. The fraction of sp³-hybridized carbons (Fsp3) is 0.424. The Morgan fingerprint density at radius 1 is 0.587 bits per heavy atom. The molecule has 0 atom stereocenters. The van der Waals surface area contributed by atoms with Gasteiger partial charge in [0.25, 0.3) is 0 Å². The second-order valence-electron chi connectivity index (χ2n) is 12.6. The summed E-state index contributed by atoms with van der Waals surface area (Å²) in [5, 5.41) is 4.39. The Hall–Kier alpha value is -5.07. The molecule has 2 aromatic carbocycles. The molecule has 2 aliphatic heterocycles. The first-order chi connectivity index (χ1) is 21.5. The zero-order chi connectivity index (χ0) is 34.1. The topological polar surface area (TPSA) is 135 Å². The number of hydrogen-bond donors (Lipinski definition) is 0. The third kappa shape index (κ3) is 11.1. The van der Waals surface area contributed by atoms with Gasteiger partial charge < -0.3 is 18.9 Å². The third-order valence-corrected chi connectivity index (χ3v) is 6.02. The zero-order valence-electron chi connectivity index (χ0n) is 27.2. The van der Waals surface area contributed by atoms with Gasteiger partial charge in [0.1, 0.15) is 37.5 Å². The van der Waals surface area contributed by atoms with E-state index in [0.29, 0.717) is 0 Å². The minimum Gasteiger partial charge on any atom is -0.443 e. The van der Waals surface area contributed by atoms with Crippen LogP contribution in [0, 0.1) is 0 Å². The summed E-state index contributed by atoms with van der Waals surface area (Å²) >= 11 is 0. The first-order valence-corrected chi connectivity index (χ1v) is 14.7. The Morgan fingerprint density at radius 3 is 1.28 bits per heavy atom. The first-order valence-electron chi connectivity index (χ1n) is 14.7. The molecule has 2 saturated heterocycles. The molecule has 0 aliphatic carbocycles. The second kappa shape index (κ2) is 15.3. The van der Waals surface area contributed by atoms with Crippen LogP contribution < -0.4 is 0 Å². The third-order valence-electron chi connectivity index (χ3n) is 6.02. The first kappa shape index (κ1) is 35.4. The van der Waals surface area contributed by atoms with E-state index in [1.54, 1.807) is 41.5 Å². The molecule has 46 heavy (non-hydrogen) atoms. The van der Waals surface area contributed by atoms with Gasteiger partial charge in [-0.15, -0.1) is 0 Å². The fourth-order valence-electron chi connectivity index (χ4n) is 4.07. The van der Waals surface area contributed by atoms with Crippen molar-refractivity contribution in [2.24, 2.45) is 0 Å². The van der Waals surface area contributed by atoms with Crippen molar-refractivity contribution in [2.45, 2.75) is 66.0 Å². The van der Waals surface area contributed by atoms with Gasteiger partial charge in [0.15, 0.2) is 5.78 Å². The minimum atomic E-state index is -0.759. The average molecular weight is 639 g/mol. The van der Waals surface area contributed by atoms with Crippen LogP contribution in [-0.4, -0.2) is 87.6 Å². The van der Waals surface area contributed by atoms with Crippen LogP contribution in [0.5, 0.6) is 0 Å². The Morgan fingerprint density at radius 2 is 0.913 bits per heavy atom. The second-order valence-corrected chi connectivity index (χ2v) is 12.6. The molecule has 4 amide bonds. The molecule has 2 heterocycles. The molecule has 0 spiro atoms. The lowest BCUT2D eigenvalue weighted by molar-refractivity contribution is -0.116. The van der Waals surface area contributed by atoms with E-state index in [1.807, 2.05) is 60.7 Å². The Kier molecular flexibility index (Phi) is 11.8. The highest BCUT2D eigenvalue weighted by Gasteiger charge is 2.39. The van der Waals surface area contributed by atoms with Crippen LogP contribution in [0.25, 0.3) is 0 Å². The smallest absolute Gasteiger partial charge is 0.429 e. The van der Waals surface area contributed by atoms with Crippen LogP contribution in [-0.2, 0) is 37.0 Å². The molecular formula is C33H42N4O9. The van der Waals surface area contributed by atoms with Crippen molar-refractivity contribution in [1.82, 2.24) is 20.0 Å². The van der Waals surface area contributed by atoms with Crippen molar-refractivity contribution in [3.05, 3.63) is 83.9 Å². The van der Waals surface area contributed by atoms with Crippen molar-refractivity contribution in [2.75, 3.05) is 26.2 Å². The van der Waals surface area contributed by atoms with Gasteiger partial charge in [0.2, 0.25) is 0 Å². The molecule has 0 radical (unpaired) electrons. The van der Waals surface area contributed by atoms with Crippen LogP contribution >= 0.6 is 0 Å². The number of amides is 4. The van der Waals surface area contributed by atoms with Crippen molar-refractivity contribution in [1.29, 1.82) is 0 Å². The van der Waals surface area contributed by atoms with E-state index in [0.717, 1.165) is 26.7 Å². The van der Waals surface area contributed by atoms with E-state index in [2.05, 4.69) is 6.58 Å². The maximum Gasteiger partial charge on any atom is 0.429 e. The monoisotopic (exact) mass is 638 g/mol. The molecule has 2 aromatic rings. The molecule has 248 valence electrons. The van der Waals surface area contributed by atoms with E-state index in [4.69, 9.17) is 18.9 Å². The number of ether oxygens (including phenoxy) is 4. The van der Waals surface area contributed by atoms with Gasteiger partial charge >= 0.3 is 24.4 Å². The van der Waals surface area contributed by atoms with Gasteiger partial charge in [0, 0.05) is 0 Å². The van der Waals surface area contributed by atoms with Gasteiger partial charge in [-0.25, -0.2) is 39.2 Å². The molecular weight excluding hydrogens is 596 g/mol. The van der Waals surface area contributed by atoms with E-state index < -0.39 is 35.6 Å². The molecule has 2 fully saturated rings. The summed E-state index contributed by atoms with van der Waals surface area (Å²) < 4.78 is 20.9. The van der Waals surface area contributed by atoms with Crippen LogP contribution in [0.1, 0.15) is 52.7 Å². The van der Waals surface area contributed by atoms with Crippen LogP contribution in [0.15, 0.2) is 72.8 Å². The van der Waals surface area contributed by atoms with Crippen molar-refractivity contribution < 1.29 is 42.9 Å². The number of Topliss-reactive ketones (excluding diaryl/α,β-unsaturated/α-hetero) is 1. The van der Waals surface area contributed by atoms with Gasteiger partial charge in [-0.3, -0.25) is 4.79 Å². The Balaban J connectivity index is 0.000000250. The van der Waals surface area contributed by atoms with Crippen molar-refractivity contribution in [3.63, 3.8) is 0 Å². The molecule has 0 aromatic heterocycles. The summed E-state index contributed by atoms with van der Waals surface area (Å²) in [5.41, 5.74) is 1.08. The number of hydrazine groups is 2. The number of carbonyl (C=O) groups excluding carboxylic acids is 5. The molecule has 2 aliphatic rings. The van der Waals surface area contributed by atoms with Crippen molar-refractivity contribution >= 4 is 30.2 Å². The summed E-state index contributed by atoms with van der Waals surface area (Å²) in [6, 6.07) is 18.5. The summed E-state index contributed by atoms with van der Waals surface area (Å²) in [6.45, 7) is 14.6. The highest BCUT2D eigenvalue weighted by atomic mass is 16.6. The predicted molar refractivity (Wildman–Crippen MR) is 167 cm³/mol. The van der Waals surface area contributed by atoms with Crippen molar-refractivity contribution in [3.8, 4) is 0 Å². The Labute approximate surface area is 269 Å². The molecule has 0 bridgehead atoms. The summed E-state index contributed by atoms with van der Waals surface area (Å²) in [6.07, 6.45) is -2.70. The fourth-order valence-corrected chi connectivity index (χ4v) is 4.07. The minimum absolute atomic E-state index is 0.0620. The van der Waals surface area contributed by atoms with E-state index in [-0.39, 0.29) is 45.2 Å². The summed E-state index contributed by atoms with van der Waals surface area (Å²) in [5.74, 6) is -0.257. The maximum atomic E-state index is 12.3. The van der Waals surface area contributed by atoms with Crippen LogP contribution in [0.2, 0.25) is 0 Å². The quantitative estimate of drug-likeness (QED) is 0.305. The lowest BCUT2D eigenvalue weighted by Gasteiger charge is -2.29. The average Bonchev–Trinajstić information content (AvgIpc) is 3.57. The normalized spacial score (nSPS) is 14.8. The highest BCUT2D eigenvalue weighted by Crippen LogP contribution is 2.20. The molecule has 0 N–H and O–H groups in total. The van der Waals surface area contributed by atoms with E-state index in [1.165, 1.54) is 10.0 Å². The van der Waals surface area contributed by atoms with Gasteiger partial charge in [-0.2, -0.15) is 0 Å². The predicted octanol–water partition coefficient (Wildman–Crippen LogP) is 5.71. The molecule has 13 heteroatoms. The van der Waals surface area contributed by atoms with Crippen LogP contribution in [0.3, 0.4) is 0 Å². The number of carbonyl (C=O) groups is 5. The lowest BCUT2D eigenvalue weighted by atomic mass is 10.2. The number of ketones is 1. The van der Waals surface area contributed by atoms with Crippen LogP contribution in [0.4, 0.5) is 19.2 Å². The maximum absolute atomic E-state index is 12.3. The lowest BCUT2D eigenvalue weighted by Crippen LogP contribution is -2.47. The molecule has 4 rings (SSSR count). The summed E-state index contributed by atoms with van der Waals surface area (Å²) in [7, 11) is 0. The van der Waals surface area contributed by atoms with E-state index in [9.17, 15) is 24.0 Å². The largest absolute Gasteiger partial charge is 0.443 e. The molecule has 0 unspecified atom stereocenters. The van der Waals surface area contributed by atoms with E-state index >= 15 is 0 Å². The van der Waals surface area contributed by atoms with Gasteiger partial charge in [0.05, 0.1) is 13.1 Å². The number of benzene rings is 2. The molecule has 0 saturated carbocycles. The number of nitrogens with zero attached hydrogens (tertiary/aromatic N) is 4. The molecule has 13 nitrogen and oxygen atoms in total. The van der Waals surface area contributed by atoms with Gasteiger partial charge in [-0.05, 0) is 58.2 Å².